The Morgan fingerprint density at radius 3 is 2.65 bits per heavy atom. The SMILES string of the molecule is CC1CCC2[C@@H](C)C(O)OC3O[C@]4(C)CCC1[C@]32OO4. The molecule has 0 aromatic carbocycles. The van der Waals surface area contributed by atoms with Gasteiger partial charge in [-0.05, 0) is 38.0 Å². The van der Waals surface area contributed by atoms with Gasteiger partial charge in [0.15, 0.2) is 18.2 Å². The van der Waals surface area contributed by atoms with Crippen LogP contribution in [-0.2, 0) is 19.2 Å². The molecule has 4 heterocycles. The number of hydrogen-bond donors (Lipinski definition) is 1. The third-order valence-electron chi connectivity index (χ3n) is 6.12. The van der Waals surface area contributed by atoms with E-state index in [2.05, 4.69) is 6.92 Å². The first-order chi connectivity index (χ1) is 9.46. The minimum atomic E-state index is -0.781. The molecule has 114 valence electrons. The molecule has 1 spiro atoms. The normalized spacial score (nSPS) is 61.8. The third kappa shape index (κ3) is 1.56. The molecule has 1 N–H and O–H groups in total. The van der Waals surface area contributed by atoms with E-state index >= 15 is 0 Å². The molecule has 0 amide bonds. The first-order valence-corrected chi connectivity index (χ1v) is 7.84. The molecule has 0 radical (unpaired) electrons. The van der Waals surface area contributed by atoms with Crippen molar-refractivity contribution in [3.8, 4) is 0 Å². The lowest BCUT2D eigenvalue weighted by Gasteiger charge is -2.59. The van der Waals surface area contributed by atoms with E-state index in [1.54, 1.807) is 0 Å². The fourth-order valence-corrected chi connectivity index (χ4v) is 4.89. The molecule has 5 aliphatic rings. The quantitative estimate of drug-likeness (QED) is 0.691. The van der Waals surface area contributed by atoms with Crippen LogP contribution in [0.15, 0.2) is 0 Å². The van der Waals surface area contributed by atoms with Gasteiger partial charge in [-0.3, -0.25) is 0 Å². The van der Waals surface area contributed by atoms with Gasteiger partial charge >= 0.3 is 0 Å². The Morgan fingerprint density at radius 1 is 1.05 bits per heavy atom. The molecule has 4 saturated heterocycles. The van der Waals surface area contributed by atoms with Crippen LogP contribution < -0.4 is 0 Å². The minimum Gasteiger partial charge on any atom is -0.368 e. The smallest absolute Gasteiger partial charge is 0.201 e. The zero-order chi connectivity index (χ0) is 14.1. The van der Waals surface area contributed by atoms with E-state index in [0.717, 1.165) is 19.3 Å². The Hall–Kier alpha value is -0.200. The van der Waals surface area contributed by atoms with Crippen molar-refractivity contribution in [1.82, 2.24) is 0 Å². The van der Waals surface area contributed by atoms with Crippen molar-refractivity contribution < 1.29 is 24.4 Å². The fourth-order valence-electron chi connectivity index (χ4n) is 4.89. The Balaban J connectivity index is 1.82. The summed E-state index contributed by atoms with van der Waals surface area (Å²) in [5, 5.41) is 10.2. The maximum absolute atomic E-state index is 10.2. The average Bonchev–Trinajstić information content (AvgIpc) is 2.63. The van der Waals surface area contributed by atoms with Crippen molar-refractivity contribution in [2.75, 3.05) is 0 Å². The van der Waals surface area contributed by atoms with Crippen LogP contribution in [0.3, 0.4) is 0 Å². The van der Waals surface area contributed by atoms with E-state index in [-0.39, 0.29) is 11.8 Å². The molecule has 5 unspecified atom stereocenters. The number of fused-ring (bicyclic) bond motifs is 2. The summed E-state index contributed by atoms with van der Waals surface area (Å²) < 4.78 is 11.9. The van der Waals surface area contributed by atoms with Gasteiger partial charge in [0.2, 0.25) is 5.79 Å². The Kier molecular flexibility index (Phi) is 2.81. The Morgan fingerprint density at radius 2 is 1.85 bits per heavy atom. The molecule has 1 aliphatic carbocycles. The summed E-state index contributed by atoms with van der Waals surface area (Å²) in [6, 6.07) is 0. The largest absolute Gasteiger partial charge is 0.368 e. The van der Waals surface area contributed by atoms with Crippen LogP contribution in [0.5, 0.6) is 0 Å². The summed E-state index contributed by atoms with van der Waals surface area (Å²) in [4.78, 5) is 11.6. The van der Waals surface area contributed by atoms with Gasteiger partial charge in [0.25, 0.3) is 0 Å². The molecule has 0 aromatic rings. The van der Waals surface area contributed by atoms with Gasteiger partial charge in [-0.25, -0.2) is 9.78 Å². The van der Waals surface area contributed by atoms with Crippen LogP contribution >= 0.6 is 0 Å². The van der Waals surface area contributed by atoms with Crippen molar-refractivity contribution in [2.45, 2.75) is 70.4 Å². The van der Waals surface area contributed by atoms with Crippen molar-refractivity contribution in [3.63, 3.8) is 0 Å². The number of hydrogen-bond acceptors (Lipinski definition) is 5. The predicted molar refractivity (Wildman–Crippen MR) is 69.0 cm³/mol. The second-order valence-electron chi connectivity index (χ2n) is 7.30. The van der Waals surface area contributed by atoms with E-state index < -0.39 is 24.0 Å². The molecule has 5 nitrogen and oxygen atoms in total. The summed E-state index contributed by atoms with van der Waals surface area (Å²) in [5.74, 6) is 0.437. The maximum Gasteiger partial charge on any atom is 0.201 e. The second-order valence-corrected chi connectivity index (χ2v) is 7.30. The van der Waals surface area contributed by atoms with E-state index in [1.807, 2.05) is 13.8 Å². The molecule has 4 aliphatic heterocycles. The molecule has 2 bridgehead atoms. The van der Waals surface area contributed by atoms with Crippen LogP contribution in [0.2, 0.25) is 0 Å². The minimum absolute atomic E-state index is 0.0379. The second kappa shape index (κ2) is 4.17. The fraction of sp³-hybridized carbons (Fsp3) is 1.00. The molecular weight excluding hydrogens is 260 g/mol. The zero-order valence-corrected chi connectivity index (χ0v) is 12.4. The van der Waals surface area contributed by atoms with Gasteiger partial charge in [-0.2, -0.15) is 0 Å². The monoisotopic (exact) mass is 284 g/mol. The molecule has 5 fully saturated rings. The van der Waals surface area contributed by atoms with Gasteiger partial charge < -0.3 is 14.6 Å². The van der Waals surface area contributed by atoms with Gasteiger partial charge in [0.05, 0.1) is 0 Å². The van der Waals surface area contributed by atoms with Gasteiger partial charge in [0.1, 0.15) is 0 Å². The van der Waals surface area contributed by atoms with Crippen molar-refractivity contribution in [2.24, 2.45) is 23.7 Å². The molecule has 5 rings (SSSR count). The van der Waals surface area contributed by atoms with Crippen LogP contribution in [0, 0.1) is 23.7 Å². The van der Waals surface area contributed by atoms with Crippen LogP contribution in [-0.4, -0.2) is 29.1 Å². The highest BCUT2D eigenvalue weighted by Crippen LogP contribution is 2.60. The Bertz CT molecular complexity index is 411. The van der Waals surface area contributed by atoms with Crippen molar-refractivity contribution in [1.29, 1.82) is 0 Å². The van der Waals surface area contributed by atoms with Crippen molar-refractivity contribution in [3.05, 3.63) is 0 Å². The highest BCUT2D eigenvalue weighted by molar-refractivity contribution is 5.08. The molecule has 5 heteroatoms. The maximum atomic E-state index is 10.2. The zero-order valence-electron chi connectivity index (χ0n) is 12.4. The number of aliphatic hydroxyl groups excluding tert-OH is 1. The van der Waals surface area contributed by atoms with Gasteiger partial charge in [-0.1, -0.05) is 13.8 Å². The van der Waals surface area contributed by atoms with E-state index in [9.17, 15) is 5.11 Å². The standard InChI is InChI=1S/C15H24O5/c1-8-4-5-11-9(2)12(16)17-13-15(11)10(8)6-7-14(3,18-13)19-20-15/h8-13,16H,4-7H2,1-3H3/t8?,9-,10?,11?,12?,13?,14+,15-/m1/s1. The number of rotatable bonds is 0. The van der Waals surface area contributed by atoms with Gasteiger partial charge in [0, 0.05) is 18.3 Å². The number of aliphatic hydroxyl groups is 1. The highest BCUT2D eigenvalue weighted by atomic mass is 17.3. The molecular formula is C15H24O5. The van der Waals surface area contributed by atoms with E-state index in [1.165, 1.54) is 6.42 Å². The van der Waals surface area contributed by atoms with Crippen LogP contribution in [0.4, 0.5) is 0 Å². The van der Waals surface area contributed by atoms with Crippen LogP contribution in [0.1, 0.15) is 46.5 Å². The lowest BCUT2D eigenvalue weighted by molar-refractivity contribution is -0.576. The summed E-state index contributed by atoms with van der Waals surface area (Å²) in [7, 11) is 0. The molecule has 8 atom stereocenters. The Labute approximate surface area is 119 Å². The summed E-state index contributed by atoms with van der Waals surface area (Å²) >= 11 is 0. The van der Waals surface area contributed by atoms with Crippen molar-refractivity contribution >= 4 is 0 Å². The molecule has 20 heavy (non-hydrogen) atoms. The molecule has 0 aromatic heterocycles. The average molecular weight is 284 g/mol. The van der Waals surface area contributed by atoms with Gasteiger partial charge in [-0.15, -0.1) is 0 Å². The van der Waals surface area contributed by atoms with E-state index in [0.29, 0.717) is 11.8 Å². The summed E-state index contributed by atoms with van der Waals surface area (Å²) in [6.07, 6.45) is 2.72. The summed E-state index contributed by atoms with van der Waals surface area (Å²) in [6.45, 7) is 6.22. The lowest BCUT2D eigenvalue weighted by atomic mass is 9.58. The first kappa shape index (κ1) is 13.5. The topological polar surface area (TPSA) is 57.2 Å². The lowest BCUT2D eigenvalue weighted by Crippen LogP contribution is -2.70. The predicted octanol–water partition coefficient (Wildman–Crippen LogP) is 2.19. The third-order valence-corrected chi connectivity index (χ3v) is 6.12. The molecule has 1 saturated carbocycles. The van der Waals surface area contributed by atoms with E-state index in [4.69, 9.17) is 19.2 Å². The number of ether oxygens (including phenoxy) is 2. The highest BCUT2D eigenvalue weighted by Gasteiger charge is 2.69. The van der Waals surface area contributed by atoms with Crippen LogP contribution in [0.25, 0.3) is 0 Å². The first-order valence-electron chi connectivity index (χ1n) is 7.84. The summed E-state index contributed by atoms with van der Waals surface area (Å²) in [5.41, 5.74) is -0.549.